The highest BCUT2D eigenvalue weighted by Crippen LogP contribution is 2.16. The maximum Gasteiger partial charge on any atom is 0.319 e. The van der Waals surface area contributed by atoms with Gasteiger partial charge in [-0.25, -0.2) is 4.79 Å². The summed E-state index contributed by atoms with van der Waals surface area (Å²) in [6, 6.07) is 15.0. The second-order valence-electron chi connectivity index (χ2n) is 6.24. The summed E-state index contributed by atoms with van der Waals surface area (Å²) >= 11 is 0. The lowest BCUT2D eigenvalue weighted by atomic mass is 10.0. The molecule has 5 nitrogen and oxygen atoms in total. The number of carbonyl (C=O) groups is 2. The quantitative estimate of drug-likeness (QED) is 0.715. The highest BCUT2D eigenvalue weighted by atomic mass is 16.4. The zero-order chi connectivity index (χ0) is 18.2. The Morgan fingerprint density at radius 2 is 1.80 bits per heavy atom. The van der Waals surface area contributed by atoms with Crippen LogP contribution in [0.3, 0.4) is 0 Å². The summed E-state index contributed by atoms with van der Waals surface area (Å²) in [4.78, 5) is 23.2. The average molecular weight is 340 g/mol. The lowest BCUT2D eigenvalue weighted by Crippen LogP contribution is -2.39. The van der Waals surface area contributed by atoms with Crippen molar-refractivity contribution in [3.05, 3.63) is 65.2 Å². The summed E-state index contributed by atoms with van der Waals surface area (Å²) in [5.41, 5.74) is 3.86. The van der Waals surface area contributed by atoms with Gasteiger partial charge in [-0.2, -0.15) is 0 Å². The van der Waals surface area contributed by atoms with Crippen LogP contribution in [0.2, 0.25) is 0 Å². The van der Waals surface area contributed by atoms with E-state index in [4.69, 9.17) is 5.11 Å². The first kappa shape index (κ1) is 18.5. The van der Waals surface area contributed by atoms with Crippen molar-refractivity contribution in [2.75, 3.05) is 5.32 Å². The largest absolute Gasteiger partial charge is 0.481 e. The third kappa shape index (κ3) is 6.30. The number of nitrogens with one attached hydrogen (secondary N) is 2. The van der Waals surface area contributed by atoms with Crippen LogP contribution in [0.4, 0.5) is 10.5 Å². The molecule has 0 radical (unpaired) electrons. The number of carbonyl (C=O) groups excluding carboxylic acids is 1. The zero-order valence-electron chi connectivity index (χ0n) is 14.6. The van der Waals surface area contributed by atoms with Crippen LogP contribution in [0.1, 0.15) is 29.5 Å². The van der Waals surface area contributed by atoms with Crippen molar-refractivity contribution in [2.24, 2.45) is 0 Å². The second kappa shape index (κ2) is 8.87. The molecule has 132 valence electrons. The van der Waals surface area contributed by atoms with Gasteiger partial charge in [0.1, 0.15) is 0 Å². The van der Waals surface area contributed by atoms with Crippen molar-refractivity contribution in [3.63, 3.8) is 0 Å². The molecule has 2 rings (SSSR count). The first-order valence-electron chi connectivity index (χ1n) is 8.34. The Kier molecular flexibility index (Phi) is 6.57. The molecule has 0 bridgehead atoms. The Morgan fingerprint density at radius 1 is 1.08 bits per heavy atom. The minimum absolute atomic E-state index is 0.0151. The van der Waals surface area contributed by atoms with Crippen LogP contribution in [0.25, 0.3) is 0 Å². The van der Waals surface area contributed by atoms with E-state index in [1.165, 1.54) is 0 Å². The van der Waals surface area contributed by atoms with E-state index in [0.717, 1.165) is 22.4 Å². The van der Waals surface area contributed by atoms with Crippen molar-refractivity contribution >= 4 is 17.7 Å². The molecule has 2 amide bonds. The van der Waals surface area contributed by atoms with Crippen molar-refractivity contribution in [1.82, 2.24) is 5.32 Å². The van der Waals surface area contributed by atoms with Crippen LogP contribution in [-0.4, -0.2) is 23.1 Å². The van der Waals surface area contributed by atoms with Crippen LogP contribution in [0.15, 0.2) is 48.5 Å². The van der Waals surface area contributed by atoms with E-state index in [-0.39, 0.29) is 18.5 Å². The predicted molar refractivity (Wildman–Crippen MR) is 98.9 cm³/mol. The lowest BCUT2D eigenvalue weighted by molar-refractivity contribution is -0.137. The van der Waals surface area contributed by atoms with Gasteiger partial charge in [0, 0.05) is 18.2 Å². The van der Waals surface area contributed by atoms with Gasteiger partial charge in [-0.1, -0.05) is 42.5 Å². The van der Waals surface area contributed by atoms with Crippen molar-refractivity contribution in [1.29, 1.82) is 0 Å². The number of aryl methyl sites for hydroxylation is 2. The maximum absolute atomic E-state index is 12.4. The van der Waals surface area contributed by atoms with Crippen molar-refractivity contribution in [3.8, 4) is 0 Å². The molecule has 0 aliphatic heterocycles. The summed E-state index contributed by atoms with van der Waals surface area (Å²) in [7, 11) is 0. The van der Waals surface area contributed by atoms with E-state index in [9.17, 15) is 9.59 Å². The minimum atomic E-state index is -0.866. The van der Waals surface area contributed by atoms with Gasteiger partial charge in [0.05, 0.1) is 0 Å². The predicted octanol–water partition coefficient (Wildman–Crippen LogP) is 3.90. The molecule has 25 heavy (non-hydrogen) atoms. The number of anilines is 1. The number of hydrogen-bond acceptors (Lipinski definition) is 2. The molecular weight excluding hydrogens is 316 g/mol. The number of carboxylic acid groups (broad SMARTS) is 1. The summed E-state index contributed by atoms with van der Waals surface area (Å²) in [5, 5.41) is 14.7. The first-order chi connectivity index (χ1) is 11.9. The molecule has 0 aromatic heterocycles. The number of carboxylic acids is 1. The molecule has 1 unspecified atom stereocenters. The van der Waals surface area contributed by atoms with Crippen LogP contribution < -0.4 is 10.6 Å². The molecule has 0 fully saturated rings. The molecule has 2 aromatic rings. The molecular formula is C20H24N2O3. The molecule has 0 aliphatic carbocycles. The minimum Gasteiger partial charge on any atom is -0.481 e. The van der Waals surface area contributed by atoms with Crippen LogP contribution in [0.5, 0.6) is 0 Å². The van der Waals surface area contributed by atoms with E-state index in [0.29, 0.717) is 12.8 Å². The monoisotopic (exact) mass is 340 g/mol. The van der Waals surface area contributed by atoms with Gasteiger partial charge in [-0.05, 0) is 49.4 Å². The van der Waals surface area contributed by atoms with E-state index in [2.05, 4.69) is 10.6 Å². The van der Waals surface area contributed by atoms with Gasteiger partial charge in [-0.15, -0.1) is 0 Å². The summed E-state index contributed by atoms with van der Waals surface area (Å²) in [5.74, 6) is -0.866. The Bertz CT molecular complexity index is 729. The second-order valence-corrected chi connectivity index (χ2v) is 6.24. The smallest absolute Gasteiger partial charge is 0.319 e. The van der Waals surface area contributed by atoms with E-state index >= 15 is 0 Å². The number of benzene rings is 2. The Hall–Kier alpha value is -2.82. The van der Waals surface area contributed by atoms with Gasteiger partial charge in [0.2, 0.25) is 0 Å². The third-order valence-electron chi connectivity index (χ3n) is 4.01. The van der Waals surface area contributed by atoms with E-state index < -0.39 is 5.97 Å². The molecule has 5 heteroatoms. The highest BCUT2D eigenvalue weighted by molar-refractivity contribution is 5.90. The molecule has 0 heterocycles. The Morgan fingerprint density at radius 3 is 2.48 bits per heavy atom. The molecule has 2 aromatic carbocycles. The van der Waals surface area contributed by atoms with Crippen molar-refractivity contribution < 1.29 is 14.7 Å². The SMILES string of the molecule is Cc1ccc(C)c(NC(=O)NC(CCC(=O)O)Cc2ccccc2)c1. The van der Waals surface area contributed by atoms with Gasteiger partial charge >= 0.3 is 12.0 Å². The molecule has 0 spiro atoms. The molecule has 0 saturated carbocycles. The Labute approximate surface area is 148 Å². The molecule has 1 atom stereocenters. The molecule has 3 N–H and O–H groups in total. The molecule has 0 aliphatic rings. The summed E-state index contributed by atoms with van der Waals surface area (Å²) < 4.78 is 0. The standard InChI is InChI=1S/C20H24N2O3/c1-14-8-9-15(2)18(12-14)22-20(25)21-17(10-11-19(23)24)13-16-6-4-3-5-7-16/h3-9,12,17H,10-11,13H2,1-2H3,(H,23,24)(H2,21,22,25). The first-order valence-corrected chi connectivity index (χ1v) is 8.34. The van der Waals surface area contributed by atoms with Gasteiger partial charge in [0.15, 0.2) is 0 Å². The fourth-order valence-corrected chi connectivity index (χ4v) is 2.64. The fraction of sp³-hybridized carbons (Fsp3) is 0.300. The van der Waals surface area contributed by atoms with Crippen LogP contribution in [-0.2, 0) is 11.2 Å². The van der Waals surface area contributed by atoms with Gasteiger partial charge in [-0.3, -0.25) is 4.79 Å². The van der Waals surface area contributed by atoms with Gasteiger partial charge in [0.25, 0.3) is 0 Å². The number of aliphatic carboxylic acids is 1. The van der Waals surface area contributed by atoms with Crippen LogP contribution >= 0.6 is 0 Å². The lowest BCUT2D eigenvalue weighted by Gasteiger charge is -2.19. The number of hydrogen-bond donors (Lipinski definition) is 3. The topological polar surface area (TPSA) is 78.4 Å². The van der Waals surface area contributed by atoms with Crippen molar-refractivity contribution in [2.45, 2.75) is 39.2 Å². The molecule has 0 saturated heterocycles. The number of amides is 2. The third-order valence-corrected chi connectivity index (χ3v) is 4.01. The normalized spacial score (nSPS) is 11.6. The van der Waals surface area contributed by atoms with Gasteiger partial charge < -0.3 is 15.7 Å². The number of rotatable bonds is 7. The maximum atomic E-state index is 12.4. The number of urea groups is 1. The van der Waals surface area contributed by atoms with E-state index in [1.807, 2.05) is 62.4 Å². The summed E-state index contributed by atoms with van der Waals surface area (Å²) in [6.07, 6.45) is 0.986. The fourth-order valence-electron chi connectivity index (χ4n) is 2.64. The zero-order valence-corrected chi connectivity index (χ0v) is 14.6. The average Bonchev–Trinajstić information content (AvgIpc) is 2.57. The Balaban J connectivity index is 2.02. The van der Waals surface area contributed by atoms with E-state index in [1.54, 1.807) is 0 Å². The highest BCUT2D eigenvalue weighted by Gasteiger charge is 2.15. The summed E-state index contributed by atoms with van der Waals surface area (Å²) in [6.45, 7) is 3.90. The van der Waals surface area contributed by atoms with Crippen LogP contribution in [0, 0.1) is 13.8 Å².